The summed E-state index contributed by atoms with van der Waals surface area (Å²) in [6, 6.07) is 0. The molecule has 0 atom stereocenters. The van der Waals surface area contributed by atoms with E-state index in [0.717, 1.165) is 30.6 Å². The smallest absolute Gasteiger partial charge is 0.349 e. The average Bonchev–Trinajstić information content (AvgIpc) is 3.05. The first-order valence-electron chi connectivity index (χ1n) is 5.57. The molecular formula is C11H12N4O2S. The maximum Gasteiger partial charge on any atom is 0.349 e. The van der Waals surface area contributed by atoms with Crippen molar-refractivity contribution in [3.63, 3.8) is 0 Å². The van der Waals surface area contributed by atoms with Crippen LogP contribution in [0.2, 0.25) is 0 Å². The highest BCUT2D eigenvalue weighted by atomic mass is 32.1. The summed E-state index contributed by atoms with van der Waals surface area (Å²) in [7, 11) is 1.37. The van der Waals surface area contributed by atoms with E-state index in [4.69, 9.17) is 0 Å². The lowest BCUT2D eigenvalue weighted by molar-refractivity contribution is 0.0606. The van der Waals surface area contributed by atoms with Crippen molar-refractivity contribution in [1.29, 1.82) is 0 Å². The fourth-order valence-electron chi connectivity index (χ4n) is 1.94. The van der Waals surface area contributed by atoms with E-state index < -0.39 is 0 Å². The van der Waals surface area contributed by atoms with E-state index in [9.17, 15) is 4.79 Å². The largest absolute Gasteiger partial charge is 0.465 e. The molecule has 0 saturated heterocycles. The van der Waals surface area contributed by atoms with Gasteiger partial charge in [-0.2, -0.15) is 0 Å². The van der Waals surface area contributed by atoms with Crippen LogP contribution in [0.15, 0.2) is 18.6 Å². The van der Waals surface area contributed by atoms with E-state index >= 15 is 0 Å². The Kier molecular flexibility index (Phi) is 2.75. The maximum atomic E-state index is 11.4. The number of carbonyl (C=O) groups excluding carboxylic acids is 1. The minimum atomic E-state index is -0.336. The molecule has 3 heterocycles. The molecule has 6 nitrogen and oxygen atoms in total. The Morgan fingerprint density at radius 3 is 3.17 bits per heavy atom. The Morgan fingerprint density at radius 2 is 2.33 bits per heavy atom. The van der Waals surface area contributed by atoms with Gasteiger partial charge in [0.15, 0.2) is 5.13 Å². The minimum Gasteiger partial charge on any atom is -0.465 e. The number of fused-ring (bicyclic) bond motifs is 1. The molecule has 0 aliphatic carbocycles. The van der Waals surface area contributed by atoms with Crippen molar-refractivity contribution >= 4 is 22.4 Å². The summed E-state index contributed by atoms with van der Waals surface area (Å²) < 4.78 is 6.81. The van der Waals surface area contributed by atoms with Gasteiger partial charge in [-0.3, -0.25) is 0 Å². The summed E-state index contributed by atoms with van der Waals surface area (Å²) in [5, 5.41) is 0.838. The van der Waals surface area contributed by atoms with Crippen molar-refractivity contribution in [2.24, 2.45) is 0 Å². The Bertz CT molecular complexity index is 577. The van der Waals surface area contributed by atoms with Gasteiger partial charge in [-0.15, -0.1) is 0 Å². The zero-order valence-corrected chi connectivity index (χ0v) is 10.7. The molecule has 0 saturated carbocycles. The van der Waals surface area contributed by atoms with Crippen molar-refractivity contribution in [1.82, 2.24) is 14.5 Å². The molecule has 0 spiro atoms. The van der Waals surface area contributed by atoms with E-state index in [1.807, 2.05) is 6.20 Å². The Hall–Kier alpha value is -1.89. The number of ether oxygens (including phenoxy) is 1. The number of esters is 1. The molecule has 2 aromatic rings. The number of nitrogens with zero attached hydrogens (tertiary/aromatic N) is 4. The van der Waals surface area contributed by atoms with Crippen LogP contribution in [0.1, 0.15) is 15.5 Å². The summed E-state index contributed by atoms with van der Waals surface area (Å²) in [6.45, 7) is 2.49. The molecule has 2 aromatic heterocycles. The molecule has 0 fully saturated rings. The van der Waals surface area contributed by atoms with Crippen LogP contribution in [0.3, 0.4) is 0 Å². The van der Waals surface area contributed by atoms with Crippen molar-refractivity contribution in [2.45, 2.75) is 13.1 Å². The number of methoxy groups -OCH3 is 1. The van der Waals surface area contributed by atoms with Crippen LogP contribution < -0.4 is 4.90 Å². The molecule has 0 N–H and O–H groups in total. The third-order valence-corrected chi connectivity index (χ3v) is 3.93. The Balaban J connectivity index is 1.80. The van der Waals surface area contributed by atoms with Crippen LogP contribution >= 0.6 is 11.3 Å². The van der Waals surface area contributed by atoms with E-state index in [1.165, 1.54) is 18.4 Å². The minimum absolute atomic E-state index is 0.336. The van der Waals surface area contributed by atoms with Crippen LogP contribution in [0.5, 0.6) is 0 Å². The predicted molar refractivity (Wildman–Crippen MR) is 66.7 cm³/mol. The number of hydrogen-bond acceptors (Lipinski definition) is 6. The molecule has 0 bridgehead atoms. The molecular weight excluding hydrogens is 252 g/mol. The molecule has 0 radical (unpaired) electrons. The number of thiazole rings is 1. The normalized spacial score (nSPS) is 14.4. The lowest BCUT2D eigenvalue weighted by atomic mass is 10.4. The van der Waals surface area contributed by atoms with Gasteiger partial charge in [0.25, 0.3) is 0 Å². The monoisotopic (exact) mass is 264 g/mol. The summed E-state index contributed by atoms with van der Waals surface area (Å²) in [5.41, 5.74) is 0. The van der Waals surface area contributed by atoms with Crippen molar-refractivity contribution in [3.05, 3.63) is 29.3 Å². The van der Waals surface area contributed by atoms with Gasteiger partial charge in [0.1, 0.15) is 10.7 Å². The third kappa shape index (κ3) is 1.86. The molecule has 3 rings (SSSR count). The lowest BCUT2D eigenvalue weighted by Gasteiger charge is -2.26. The second-order valence-corrected chi connectivity index (χ2v) is 4.97. The molecule has 1 aliphatic rings. The van der Waals surface area contributed by atoms with Crippen LogP contribution in [0.25, 0.3) is 0 Å². The van der Waals surface area contributed by atoms with Crippen molar-refractivity contribution in [3.8, 4) is 0 Å². The molecule has 18 heavy (non-hydrogen) atoms. The number of carbonyl (C=O) groups is 1. The van der Waals surface area contributed by atoms with Gasteiger partial charge in [-0.25, -0.2) is 14.8 Å². The molecule has 0 amide bonds. The number of imidazole rings is 1. The predicted octanol–water partition coefficient (Wildman–Crippen LogP) is 1.15. The summed E-state index contributed by atoms with van der Waals surface area (Å²) in [6.07, 6.45) is 5.35. The molecule has 1 aliphatic heterocycles. The maximum absolute atomic E-state index is 11.4. The summed E-state index contributed by atoms with van der Waals surface area (Å²) >= 11 is 1.35. The standard InChI is InChI=1S/C11H12N4O2S/c1-17-10(16)8-6-13-11(18-8)15-5-4-14-3-2-12-9(14)7-15/h2-3,6H,4-5,7H2,1H3. The number of anilines is 1. The van der Waals surface area contributed by atoms with Gasteiger partial charge in [-0.1, -0.05) is 11.3 Å². The van der Waals surface area contributed by atoms with Crippen LogP contribution in [0, 0.1) is 0 Å². The molecule has 7 heteroatoms. The van der Waals surface area contributed by atoms with E-state index in [1.54, 1.807) is 12.4 Å². The van der Waals surface area contributed by atoms with Gasteiger partial charge in [0.05, 0.1) is 19.9 Å². The highest BCUT2D eigenvalue weighted by Gasteiger charge is 2.20. The Labute approximate surface area is 108 Å². The van der Waals surface area contributed by atoms with Gasteiger partial charge in [-0.05, 0) is 0 Å². The van der Waals surface area contributed by atoms with Crippen LogP contribution in [-0.4, -0.2) is 34.2 Å². The SMILES string of the molecule is COC(=O)c1cnc(N2CCn3ccnc3C2)s1. The van der Waals surface area contributed by atoms with Crippen LogP contribution in [-0.2, 0) is 17.8 Å². The fraction of sp³-hybridized carbons (Fsp3) is 0.364. The number of rotatable bonds is 2. The zero-order valence-electron chi connectivity index (χ0n) is 9.87. The highest BCUT2D eigenvalue weighted by Crippen LogP contribution is 2.26. The first-order valence-corrected chi connectivity index (χ1v) is 6.38. The molecule has 0 aromatic carbocycles. The Morgan fingerprint density at radius 1 is 1.44 bits per heavy atom. The zero-order chi connectivity index (χ0) is 12.5. The van der Waals surface area contributed by atoms with Crippen LogP contribution in [0.4, 0.5) is 5.13 Å². The van der Waals surface area contributed by atoms with Crippen molar-refractivity contribution < 1.29 is 9.53 Å². The van der Waals surface area contributed by atoms with E-state index in [-0.39, 0.29) is 5.97 Å². The number of hydrogen-bond donors (Lipinski definition) is 0. The average molecular weight is 264 g/mol. The van der Waals surface area contributed by atoms with Gasteiger partial charge in [0, 0.05) is 25.5 Å². The summed E-state index contributed by atoms with van der Waals surface area (Å²) in [4.78, 5) is 22.6. The molecule has 94 valence electrons. The first kappa shape index (κ1) is 11.2. The second-order valence-electron chi connectivity index (χ2n) is 3.96. The quantitative estimate of drug-likeness (QED) is 0.761. The lowest BCUT2D eigenvalue weighted by Crippen LogP contribution is -2.33. The van der Waals surface area contributed by atoms with E-state index in [2.05, 4.69) is 24.2 Å². The first-order chi connectivity index (χ1) is 8.78. The third-order valence-electron chi connectivity index (χ3n) is 2.90. The van der Waals surface area contributed by atoms with Crippen molar-refractivity contribution in [2.75, 3.05) is 18.6 Å². The van der Waals surface area contributed by atoms with Gasteiger partial charge < -0.3 is 14.2 Å². The summed E-state index contributed by atoms with van der Waals surface area (Å²) in [5.74, 6) is 0.688. The van der Waals surface area contributed by atoms with Gasteiger partial charge >= 0.3 is 5.97 Å². The van der Waals surface area contributed by atoms with Gasteiger partial charge in [0.2, 0.25) is 0 Å². The van der Waals surface area contributed by atoms with E-state index in [0.29, 0.717) is 4.88 Å². The molecule has 0 unspecified atom stereocenters. The highest BCUT2D eigenvalue weighted by molar-refractivity contribution is 7.17. The number of aromatic nitrogens is 3. The second kappa shape index (κ2) is 4.41. The fourth-order valence-corrected chi connectivity index (χ4v) is 2.80. The topological polar surface area (TPSA) is 60.2 Å².